The van der Waals surface area contributed by atoms with E-state index in [4.69, 9.17) is 4.74 Å². The summed E-state index contributed by atoms with van der Waals surface area (Å²) < 4.78 is 19.2. The van der Waals surface area contributed by atoms with Crippen LogP contribution in [0.5, 0.6) is 0 Å². The minimum atomic E-state index is -0.232. The Kier molecular flexibility index (Phi) is 10.9. The van der Waals surface area contributed by atoms with Crippen LogP contribution in [0.1, 0.15) is 30.5 Å². The van der Waals surface area contributed by atoms with Crippen LogP contribution >= 0.6 is 24.0 Å². The molecule has 142 valence electrons. The highest BCUT2D eigenvalue weighted by Crippen LogP contribution is 2.10. The van der Waals surface area contributed by atoms with Gasteiger partial charge in [0.25, 0.3) is 0 Å². The molecule has 0 saturated carbocycles. The number of benzene rings is 2. The first-order chi connectivity index (χ1) is 12.2. The van der Waals surface area contributed by atoms with Crippen LogP contribution in [0.2, 0.25) is 0 Å². The van der Waals surface area contributed by atoms with Gasteiger partial charge >= 0.3 is 0 Å². The summed E-state index contributed by atoms with van der Waals surface area (Å²) >= 11 is 0. The fraction of sp³-hybridized carbons (Fsp3) is 0.350. The molecule has 0 unspecified atom stereocenters. The molecule has 2 rings (SSSR count). The number of aliphatic imine (C=N–C) groups is 1. The van der Waals surface area contributed by atoms with E-state index in [0.29, 0.717) is 37.8 Å². The second-order valence-corrected chi connectivity index (χ2v) is 5.55. The van der Waals surface area contributed by atoms with Crippen LogP contribution in [0.4, 0.5) is 4.39 Å². The molecule has 0 radical (unpaired) electrons. The zero-order chi connectivity index (χ0) is 17.9. The number of guanidine groups is 1. The summed E-state index contributed by atoms with van der Waals surface area (Å²) in [6.07, 6.45) is 0. The third kappa shape index (κ3) is 7.29. The van der Waals surface area contributed by atoms with Crippen LogP contribution in [-0.2, 0) is 24.4 Å². The van der Waals surface area contributed by atoms with Gasteiger partial charge in [-0.3, -0.25) is 0 Å². The van der Waals surface area contributed by atoms with Gasteiger partial charge in [-0.25, -0.2) is 9.38 Å². The largest absolute Gasteiger partial charge is 0.377 e. The SMILES string of the molecule is CCNC(=NCc1ccccc1F)NCc1ccccc1COCC.I. The Bertz CT molecular complexity index is 694. The van der Waals surface area contributed by atoms with E-state index in [9.17, 15) is 4.39 Å². The number of halogens is 2. The van der Waals surface area contributed by atoms with E-state index < -0.39 is 0 Å². The minimum absolute atomic E-state index is 0. The monoisotopic (exact) mass is 471 g/mol. The average Bonchev–Trinajstić information content (AvgIpc) is 2.64. The Morgan fingerprint density at radius 1 is 0.962 bits per heavy atom. The Labute approximate surface area is 172 Å². The smallest absolute Gasteiger partial charge is 0.191 e. The van der Waals surface area contributed by atoms with Gasteiger partial charge in [0, 0.05) is 25.3 Å². The van der Waals surface area contributed by atoms with Crippen molar-refractivity contribution in [3.63, 3.8) is 0 Å². The first-order valence-electron chi connectivity index (χ1n) is 8.64. The van der Waals surface area contributed by atoms with Gasteiger partial charge in [-0.1, -0.05) is 42.5 Å². The molecule has 0 aromatic heterocycles. The Morgan fingerprint density at radius 2 is 1.62 bits per heavy atom. The Hall–Kier alpha value is -1.67. The normalized spacial score (nSPS) is 11.0. The predicted octanol–water partition coefficient (Wildman–Crippen LogP) is 4.24. The van der Waals surface area contributed by atoms with E-state index >= 15 is 0 Å². The number of hydrogen-bond acceptors (Lipinski definition) is 2. The molecule has 0 fully saturated rings. The highest BCUT2D eigenvalue weighted by atomic mass is 127. The first kappa shape index (κ1) is 22.4. The highest BCUT2D eigenvalue weighted by molar-refractivity contribution is 14.0. The summed E-state index contributed by atoms with van der Waals surface area (Å²) in [6, 6.07) is 14.9. The van der Waals surface area contributed by atoms with Gasteiger partial charge in [0.15, 0.2) is 5.96 Å². The summed E-state index contributed by atoms with van der Waals surface area (Å²) in [5.41, 5.74) is 2.89. The molecule has 0 bridgehead atoms. The summed E-state index contributed by atoms with van der Waals surface area (Å²) in [5.74, 6) is 0.432. The Balaban J connectivity index is 0.00000338. The molecule has 4 nitrogen and oxygen atoms in total. The summed E-state index contributed by atoms with van der Waals surface area (Å²) in [4.78, 5) is 4.47. The lowest BCUT2D eigenvalue weighted by Gasteiger charge is -2.14. The summed E-state index contributed by atoms with van der Waals surface area (Å²) in [6.45, 7) is 6.94. The second kappa shape index (κ2) is 12.6. The van der Waals surface area contributed by atoms with E-state index in [0.717, 1.165) is 17.7 Å². The molecule has 0 heterocycles. The van der Waals surface area contributed by atoms with Crippen molar-refractivity contribution in [2.45, 2.75) is 33.5 Å². The molecule has 0 saturated heterocycles. The molecule has 6 heteroatoms. The summed E-state index contributed by atoms with van der Waals surface area (Å²) in [7, 11) is 0. The van der Waals surface area contributed by atoms with Gasteiger partial charge in [0.1, 0.15) is 5.82 Å². The van der Waals surface area contributed by atoms with Crippen molar-refractivity contribution in [1.29, 1.82) is 0 Å². The third-order valence-electron chi connectivity index (χ3n) is 3.74. The fourth-order valence-corrected chi connectivity index (χ4v) is 2.39. The van der Waals surface area contributed by atoms with Crippen LogP contribution in [0.15, 0.2) is 53.5 Å². The zero-order valence-electron chi connectivity index (χ0n) is 15.3. The van der Waals surface area contributed by atoms with E-state index in [1.807, 2.05) is 32.0 Å². The number of nitrogens with one attached hydrogen (secondary N) is 2. The molecular formula is C20H27FIN3O. The van der Waals surface area contributed by atoms with Gasteiger partial charge in [0.2, 0.25) is 0 Å². The molecule has 0 aliphatic heterocycles. The highest BCUT2D eigenvalue weighted by Gasteiger charge is 2.05. The molecule has 0 atom stereocenters. The lowest BCUT2D eigenvalue weighted by molar-refractivity contribution is 0.133. The fourth-order valence-electron chi connectivity index (χ4n) is 2.39. The van der Waals surface area contributed by atoms with E-state index in [1.165, 1.54) is 6.07 Å². The quantitative estimate of drug-likeness (QED) is 0.344. The van der Waals surface area contributed by atoms with Crippen LogP contribution in [-0.4, -0.2) is 19.1 Å². The maximum absolute atomic E-state index is 13.7. The van der Waals surface area contributed by atoms with Crippen LogP contribution in [0.3, 0.4) is 0 Å². The lowest BCUT2D eigenvalue weighted by Crippen LogP contribution is -2.37. The van der Waals surface area contributed by atoms with Crippen molar-refractivity contribution < 1.29 is 9.13 Å². The van der Waals surface area contributed by atoms with Crippen LogP contribution in [0, 0.1) is 5.82 Å². The van der Waals surface area contributed by atoms with Gasteiger partial charge in [-0.15, -0.1) is 24.0 Å². The predicted molar refractivity (Wildman–Crippen MR) is 115 cm³/mol. The molecule has 2 N–H and O–H groups in total. The molecule has 26 heavy (non-hydrogen) atoms. The topological polar surface area (TPSA) is 45.7 Å². The minimum Gasteiger partial charge on any atom is -0.377 e. The maximum Gasteiger partial charge on any atom is 0.191 e. The van der Waals surface area contributed by atoms with E-state index in [1.54, 1.807) is 12.1 Å². The molecule has 0 amide bonds. The zero-order valence-corrected chi connectivity index (χ0v) is 17.6. The average molecular weight is 471 g/mol. The maximum atomic E-state index is 13.7. The van der Waals surface area contributed by atoms with Crippen molar-refractivity contribution in [3.8, 4) is 0 Å². The van der Waals surface area contributed by atoms with Crippen molar-refractivity contribution in [2.24, 2.45) is 4.99 Å². The van der Waals surface area contributed by atoms with Crippen LogP contribution in [0.25, 0.3) is 0 Å². The number of hydrogen-bond donors (Lipinski definition) is 2. The third-order valence-corrected chi connectivity index (χ3v) is 3.74. The first-order valence-corrected chi connectivity index (χ1v) is 8.64. The summed E-state index contributed by atoms with van der Waals surface area (Å²) in [5, 5.41) is 6.49. The molecular weight excluding hydrogens is 444 g/mol. The lowest BCUT2D eigenvalue weighted by atomic mass is 10.1. The van der Waals surface area contributed by atoms with Crippen molar-refractivity contribution >= 4 is 29.9 Å². The van der Waals surface area contributed by atoms with E-state index in [2.05, 4.69) is 27.8 Å². The Morgan fingerprint density at radius 3 is 2.27 bits per heavy atom. The number of ether oxygens (including phenoxy) is 1. The van der Waals surface area contributed by atoms with Crippen LogP contribution < -0.4 is 10.6 Å². The molecule has 2 aromatic carbocycles. The molecule has 2 aromatic rings. The molecule has 0 aliphatic carbocycles. The van der Waals surface area contributed by atoms with Crippen molar-refractivity contribution in [2.75, 3.05) is 13.2 Å². The van der Waals surface area contributed by atoms with Gasteiger partial charge in [-0.2, -0.15) is 0 Å². The molecule has 0 spiro atoms. The van der Waals surface area contributed by atoms with Crippen molar-refractivity contribution in [3.05, 3.63) is 71.0 Å². The number of nitrogens with zero attached hydrogens (tertiary/aromatic N) is 1. The number of rotatable bonds is 8. The molecule has 0 aliphatic rings. The second-order valence-electron chi connectivity index (χ2n) is 5.55. The van der Waals surface area contributed by atoms with E-state index in [-0.39, 0.29) is 29.8 Å². The standard InChI is InChI=1S/C20H26FN3O.HI/c1-3-22-20(24-14-17-10-7-8-12-19(17)21)23-13-16-9-5-6-11-18(16)15-25-4-2;/h5-12H,3-4,13-15H2,1-2H3,(H2,22,23,24);1H. The van der Waals surface area contributed by atoms with Crippen molar-refractivity contribution in [1.82, 2.24) is 10.6 Å². The van der Waals surface area contributed by atoms with Gasteiger partial charge < -0.3 is 15.4 Å². The van der Waals surface area contributed by atoms with Gasteiger partial charge in [-0.05, 0) is 31.0 Å². The van der Waals surface area contributed by atoms with Gasteiger partial charge in [0.05, 0.1) is 13.2 Å².